The van der Waals surface area contributed by atoms with E-state index in [0.29, 0.717) is 0 Å². The Bertz CT molecular complexity index is 2010. The second-order valence-electron chi connectivity index (χ2n) is 14.5. The van der Waals surface area contributed by atoms with Gasteiger partial charge in [0.1, 0.15) is 48.8 Å². The Hall–Kier alpha value is -3.18. The fraction of sp³-hybridized carbons (Fsp3) is 0.432. The molecule has 330 valence electrons. The summed E-state index contributed by atoms with van der Waals surface area (Å²) in [6.07, 6.45) is -11.0. The van der Waals surface area contributed by atoms with Gasteiger partial charge in [0.15, 0.2) is 12.6 Å². The average Bonchev–Trinajstić information content (AvgIpc) is 3.26. The maximum absolute atomic E-state index is 12.7. The number of rotatable bonds is 22. The van der Waals surface area contributed by atoms with E-state index in [2.05, 4.69) is 4.99 Å². The molecule has 2 fully saturated rings. The SMILES string of the molecule is CC([O-])=N[C@H]1[C@@H](O[C@H]2[C@H](OCc3ccccc3)[C@@H](OCc3ccccc3)[C@H](OCCN)O[C@@H]2COCc2ccccc2)O[C@H](COS(=O)(=O)O)[C@@H](OCc2ccccc2)[C@@H]1O.[Na+]. The van der Waals surface area contributed by atoms with Gasteiger partial charge in [0, 0.05) is 6.54 Å². The number of benzene rings is 4. The van der Waals surface area contributed by atoms with Crippen LogP contribution in [0.1, 0.15) is 29.2 Å². The molecule has 0 aromatic heterocycles. The first kappa shape index (κ1) is 49.8. The van der Waals surface area contributed by atoms with Crippen LogP contribution in [0, 0.1) is 0 Å². The Morgan fingerprint density at radius 3 is 1.60 bits per heavy atom. The zero-order chi connectivity index (χ0) is 43.0. The Labute approximate surface area is 384 Å². The number of aliphatic hydroxyl groups excluding tert-OH is 1. The standard InChI is InChI=1S/C44H54N2O14S.Na/c1-30(47)46-37-38(48)39(54-25-32-16-8-3-9-17-32)36(29-57-61(49,50)51)58-43(37)60-40-35(28-52-24-31-14-6-2-7-15-31)59-44(53-23-22-45)42(56-27-34-20-12-5-13-21-34)41(40)55-26-33-18-10-4-11-19-33;/h2-21,35-44,48H,22-29,45H2,1H3,(H,46,47)(H,49,50,51);/q;+1/p-1/t35-,36-,37-,38-,39-,40-,41+,42-,43-,44-;/m1./s1. The number of nitrogens with zero attached hydrogens (tertiary/aromatic N) is 1. The zero-order valence-electron chi connectivity index (χ0n) is 34.7. The number of ether oxygens (including phenoxy) is 8. The fourth-order valence-corrected chi connectivity index (χ4v) is 7.35. The fourth-order valence-electron chi connectivity index (χ4n) is 7.04. The van der Waals surface area contributed by atoms with Crippen molar-refractivity contribution >= 4 is 16.3 Å². The van der Waals surface area contributed by atoms with Crippen LogP contribution in [-0.4, -0.2) is 112 Å². The normalized spacial score (nSPS) is 26.7. The van der Waals surface area contributed by atoms with Crippen LogP contribution in [0.2, 0.25) is 0 Å². The Balaban J connectivity index is 0.00000726. The third kappa shape index (κ3) is 15.2. The summed E-state index contributed by atoms with van der Waals surface area (Å²) in [5, 5.41) is 24.7. The van der Waals surface area contributed by atoms with Crippen LogP contribution in [0.4, 0.5) is 0 Å². The van der Waals surface area contributed by atoms with E-state index in [4.69, 9.17) is 47.8 Å². The van der Waals surface area contributed by atoms with Crippen LogP contribution in [-0.2, 0) is 78.9 Å². The van der Waals surface area contributed by atoms with Gasteiger partial charge in [-0.2, -0.15) is 8.42 Å². The summed E-state index contributed by atoms with van der Waals surface area (Å²) < 4.78 is 89.6. The predicted octanol–water partition coefficient (Wildman–Crippen LogP) is 0.101. The van der Waals surface area contributed by atoms with E-state index >= 15 is 0 Å². The van der Waals surface area contributed by atoms with Gasteiger partial charge < -0.3 is 53.8 Å². The smallest absolute Gasteiger partial charge is 0.862 e. The van der Waals surface area contributed by atoms with Crippen molar-refractivity contribution in [2.24, 2.45) is 10.7 Å². The summed E-state index contributed by atoms with van der Waals surface area (Å²) in [7, 11) is -4.98. The van der Waals surface area contributed by atoms with Gasteiger partial charge in [0.2, 0.25) is 0 Å². The maximum Gasteiger partial charge on any atom is 1.00 e. The summed E-state index contributed by atoms with van der Waals surface area (Å²) in [5.74, 6) is -0.658. The molecule has 0 saturated carbocycles. The average molecular weight is 889 g/mol. The van der Waals surface area contributed by atoms with Crippen LogP contribution in [0.15, 0.2) is 126 Å². The predicted molar refractivity (Wildman–Crippen MR) is 219 cm³/mol. The first-order valence-corrected chi connectivity index (χ1v) is 21.3. The van der Waals surface area contributed by atoms with Crippen LogP contribution in [0.3, 0.4) is 0 Å². The van der Waals surface area contributed by atoms with Crippen molar-refractivity contribution in [3.05, 3.63) is 144 Å². The molecular formula is C44H53N2NaO14S. The van der Waals surface area contributed by atoms with E-state index in [1.807, 2.05) is 97.1 Å². The molecule has 4 N–H and O–H groups in total. The van der Waals surface area contributed by atoms with Crippen molar-refractivity contribution in [2.45, 2.75) is 94.7 Å². The molecule has 2 aliphatic heterocycles. The number of nitrogens with two attached hydrogens (primary N) is 1. The maximum atomic E-state index is 12.7. The van der Waals surface area contributed by atoms with Crippen LogP contribution in [0.25, 0.3) is 0 Å². The number of aliphatic hydroxyl groups is 1. The van der Waals surface area contributed by atoms with Gasteiger partial charge in [-0.15, -0.1) is 0 Å². The summed E-state index contributed by atoms with van der Waals surface area (Å²) in [6.45, 7) is 1.03. The molecule has 0 spiro atoms. The van der Waals surface area contributed by atoms with Gasteiger partial charge in [-0.05, 0) is 35.1 Å². The van der Waals surface area contributed by atoms with E-state index in [9.17, 15) is 23.2 Å². The molecule has 6 rings (SSSR count). The number of hydrogen-bond acceptors (Lipinski definition) is 15. The molecular weight excluding hydrogens is 836 g/mol. The van der Waals surface area contributed by atoms with Gasteiger partial charge in [-0.1, -0.05) is 121 Å². The number of aliphatic imine (C=N–C) groups is 1. The molecule has 10 atom stereocenters. The first-order chi connectivity index (χ1) is 29.6. The van der Waals surface area contributed by atoms with E-state index in [1.54, 1.807) is 24.3 Å². The van der Waals surface area contributed by atoms with Crippen molar-refractivity contribution in [3.63, 3.8) is 0 Å². The molecule has 0 aliphatic carbocycles. The third-order valence-electron chi connectivity index (χ3n) is 9.88. The van der Waals surface area contributed by atoms with Crippen LogP contribution < -0.4 is 40.4 Å². The largest absolute Gasteiger partial charge is 1.00 e. The molecule has 0 radical (unpaired) electrons. The molecule has 2 heterocycles. The molecule has 0 bridgehead atoms. The van der Waals surface area contributed by atoms with Crippen molar-refractivity contribution in [3.8, 4) is 0 Å². The minimum absolute atomic E-state index is 0. The molecule has 2 saturated heterocycles. The van der Waals surface area contributed by atoms with Crippen molar-refractivity contribution in [2.75, 3.05) is 26.4 Å². The summed E-state index contributed by atoms with van der Waals surface area (Å²) >= 11 is 0. The van der Waals surface area contributed by atoms with Crippen molar-refractivity contribution < 1.29 is 94.8 Å². The minimum Gasteiger partial charge on any atom is -0.862 e. The van der Waals surface area contributed by atoms with E-state index < -0.39 is 84.3 Å². The molecule has 16 nitrogen and oxygen atoms in total. The summed E-state index contributed by atoms with van der Waals surface area (Å²) in [5.41, 5.74) is 9.22. The van der Waals surface area contributed by atoms with E-state index in [0.717, 1.165) is 22.3 Å². The van der Waals surface area contributed by atoms with Gasteiger partial charge in [0.25, 0.3) is 0 Å². The topological polar surface area (TPSA) is 219 Å². The molecule has 4 aromatic carbocycles. The first-order valence-electron chi connectivity index (χ1n) is 20.0. The Morgan fingerprint density at radius 2 is 1.11 bits per heavy atom. The Kier molecular flexibility index (Phi) is 20.4. The van der Waals surface area contributed by atoms with Crippen LogP contribution in [0.5, 0.6) is 0 Å². The molecule has 2 aliphatic rings. The van der Waals surface area contributed by atoms with Crippen molar-refractivity contribution in [1.29, 1.82) is 0 Å². The second kappa shape index (κ2) is 25.3. The third-order valence-corrected chi connectivity index (χ3v) is 10.3. The van der Waals surface area contributed by atoms with E-state index in [-0.39, 0.29) is 75.7 Å². The van der Waals surface area contributed by atoms with E-state index in [1.165, 1.54) is 6.92 Å². The van der Waals surface area contributed by atoms with Crippen LogP contribution >= 0.6 is 0 Å². The van der Waals surface area contributed by atoms with Crippen molar-refractivity contribution in [1.82, 2.24) is 0 Å². The quantitative estimate of drug-likeness (QED) is 0.0413. The monoisotopic (exact) mass is 888 g/mol. The van der Waals surface area contributed by atoms with Gasteiger partial charge in [-0.25, -0.2) is 4.18 Å². The molecule has 0 unspecified atom stereocenters. The number of hydrogen-bond donors (Lipinski definition) is 3. The minimum atomic E-state index is -4.98. The summed E-state index contributed by atoms with van der Waals surface area (Å²) in [4.78, 5) is 4.20. The summed E-state index contributed by atoms with van der Waals surface area (Å²) in [6, 6.07) is 36.0. The van der Waals surface area contributed by atoms with Gasteiger partial charge >= 0.3 is 40.0 Å². The van der Waals surface area contributed by atoms with Gasteiger partial charge in [-0.3, -0.25) is 9.55 Å². The molecule has 4 aromatic rings. The second-order valence-corrected chi connectivity index (χ2v) is 15.6. The molecule has 62 heavy (non-hydrogen) atoms. The zero-order valence-corrected chi connectivity index (χ0v) is 37.5. The van der Waals surface area contributed by atoms with Gasteiger partial charge in [0.05, 0.1) is 46.2 Å². The molecule has 0 amide bonds. The Morgan fingerprint density at radius 1 is 0.661 bits per heavy atom. The molecule has 18 heteroatoms.